The molecule has 7 nitrogen and oxygen atoms in total. The summed E-state index contributed by atoms with van der Waals surface area (Å²) in [5, 5.41) is 20.8. The molecule has 1 fully saturated rings. The number of likely N-dealkylation sites (tertiary alicyclic amines) is 1. The fourth-order valence-electron chi connectivity index (χ4n) is 3.90. The molecule has 162 valence electrons. The van der Waals surface area contributed by atoms with Gasteiger partial charge in [0.1, 0.15) is 0 Å². The molecule has 1 aliphatic heterocycles. The third kappa shape index (κ3) is 4.66. The number of anilines is 1. The van der Waals surface area contributed by atoms with Crippen LogP contribution in [0.3, 0.4) is 0 Å². The van der Waals surface area contributed by atoms with Gasteiger partial charge in [0.05, 0.1) is 24.7 Å². The first kappa shape index (κ1) is 22.3. The summed E-state index contributed by atoms with van der Waals surface area (Å²) in [5.74, 6) is -0.207. The van der Waals surface area contributed by atoms with Crippen molar-refractivity contribution in [2.75, 3.05) is 37.3 Å². The van der Waals surface area contributed by atoms with E-state index in [9.17, 15) is 23.4 Å². The fraction of sp³-hybridized carbons (Fsp3) is 0.409. The van der Waals surface area contributed by atoms with Crippen LogP contribution in [0.2, 0.25) is 0 Å². The van der Waals surface area contributed by atoms with E-state index in [1.807, 2.05) is 30.3 Å². The van der Waals surface area contributed by atoms with Gasteiger partial charge in [-0.1, -0.05) is 30.3 Å². The lowest BCUT2D eigenvalue weighted by Gasteiger charge is -2.45. The number of nitrogens with zero attached hydrogens (tertiary/aromatic N) is 2. The summed E-state index contributed by atoms with van der Waals surface area (Å²) in [7, 11) is -1.93. The highest BCUT2D eigenvalue weighted by atomic mass is 32.2. The van der Waals surface area contributed by atoms with Crippen molar-refractivity contribution in [3.63, 3.8) is 0 Å². The number of hydrogen-bond acceptors (Lipinski definition) is 5. The third-order valence-electron chi connectivity index (χ3n) is 5.86. The Morgan fingerprint density at radius 1 is 1.17 bits per heavy atom. The predicted octanol–water partition coefficient (Wildman–Crippen LogP) is 1.51. The van der Waals surface area contributed by atoms with E-state index in [4.69, 9.17) is 0 Å². The van der Waals surface area contributed by atoms with Gasteiger partial charge in [-0.15, -0.1) is 0 Å². The highest BCUT2D eigenvalue weighted by molar-refractivity contribution is 7.92. The average molecular weight is 433 g/mol. The molecule has 1 aliphatic rings. The van der Waals surface area contributed by atoms with E-state index in [0.717, 1.165) is 16.1 Å². The minimum Gasteiger partial charge on any atom is -0.396 e. The van der Waals surface area contributed by atoms with Crippen LogP contribution in [-0.2, 0) is 16.4 Å². The number of aliphatic hydroxyl groups excluding tert-OH is 2. The van der Waals surface area contributed by atoms with Crippen LogP contribution in [0.15, 0.2) is 54.6 Å². The predicted molar refractivity (Wildman–Crippen MR) is 116 cm³/mol. The number of aliphatic hydroxyl groups is 2. The molecule has 0 radical (unpaired) electrons. The summed E-state index contributed by atoms with van der Waals surface area (Å²) in [5.41, 5.74) is 1.07. The maximum Gasteiger partial charge on any atom is 0.253 e. The van der Waals surface area contributed by atoms with Gasteiger partial charge in [0.25, 0.3) is 5.91 Å². The van der Waals surface area contributed by atoms with Crippen molar-refractivity contribution in [2.45, 2.75) is 18.9 Å². The molecule has 2 atom stereocenters. The zero-order chi connectivity index (χ0) is 21.9. The van der Waals surface area contributed by atoms with Crippen LogP contribution in [0.25, 0.3) is 0 Å². The Bertz CT molecular complexity index is 978. The zero-order valence-electron chi connectivity index (χ0n) is 17.2. The van der Waals surface area contributed by atoms with E-state index >= 15 is 0 Å². The Hall–Kier alpha value is -2.42. The minimum atomic E-state index is -3.38. The minimum absolute atomic E-state index is 0.207. The van der Waals surface area contributed by atoms with E-state index in [1.165, 1.54) is 7.05 Å². The number of hydrogen-bond donors (Lipinski definition) is 2. The van der Waals surface area contributed by atoms with Crippen LogP contribution in [0, 0.1) is 5.41 Å². The molecule has 3 rings (SSSR count). The topological polar surface area (TPSA) is 98.2 Å². The van der Waals surface area contributed by atoms with Crippen LogP contribution in [0.5, 0.6) is 0 Å². The first-order chi connectivity index (χ1) is 14.2. The highest BCUT2D eigenvalue weighted by Crippen LogP contribution is 2.34. The molecule has 0 aliphatic carbocycles. The summed E-state index contributed by atoms with van der Waals surface area (Å²) in [6, 6.07) is 16.0. The summed E-state index contributed by atoms with van der Waals surface area (Å²) < 4.78 is 24.5. The number of sulfonamides is 1. The first-order valence-corrected chi connectivity index (χ1v) is 11.7. The summed E-state index contributed by atoms with van der Waals surface area (Å²) >= 11 is 0. The molecule has 1 amide bonds. The fourth-order valence-corrected chi connectivity index (χ4v) is 4.40. The normalized spacial score (nSPS) is 22.0. The van der Waals surface area contributed by atoms with Crippen molar-refractivity contribution in [3.8, 4) is 0 Å². The number of benzene rings is 2. The van der Waals surface area contributed by atoms with Gasteiger partial charge in [-0.2, -0.15) is 0 Å². The van der Waals surface area contributed by atoms with Crippen molar-refractivity contribution in [2.24, 2.45) is 5.41 Å². The second kappa shape index (κ2) is 8.75. The number of rotatable bonds is 6. The van der Waals surface area contributed by atoms with Gasteiger partial charge in [-0.25, -0.2) is 8.42 Å². The molecule has 0 unspecified atom stereocenters. The molecule has 30 heavy (non-hydrogen) atoms. The van der Waals surface area contributed by atoms with Gasteiger partial charge < -0.3 is 15.1 Å². The van der Waals surface area contributed by atoms with Gasteiger partial charge in [0.2, 0.25) is 10.0 Å². The molecule has 0 aromatic heterocycles. The number of carbonyl (C=O) groups is 1. The van der Waals surface area contributed by atoms with Crippen LogP contribution in [-0.4, -0.2) is 68.5 Å². The largest absolute Gasteiger partial charge is 0.396 e. The lowest BCUT2D eigenvalue weighted by atomic mass is 9.73. The molecular formula is C22H28N2O5S. The Kier molecular flexibility index (Phi) is 6.50. The Labute approximate surface area is 177 Å². The van der Waals surface area contributed by atoms with Gasteiger partial charge in [0.15, 0.2) is 0 Å². The van der Waals surface area contributed by atoms with E-state index in [1.54, 1.807) is 29.2 Å². The van der Waals surface area contributed by atoms with Crippen LogP contribution in [0.4, 0.5) is 5.69 Å². The van der Waals surface area contributed by atoms with E-state index in [0.29, 0.717) is 30.6 Å². The molecule has 0 bridgehead atoms. The van der Waals surface area contributed by atoms with Gasteiger partial charge in [-0.3, -0.25) is 9.10 Å². The zero-order valence-corrected chi connectivity index (χ0v) is 18.0. The second-order valence-corrected chi connectivity index (χ2v) is 10.0. The van der Waals surface area contributed by atoms with Crippen LogP contribution < -0.4 is 4.31 Å². The van der Waals surface area contributed by atoms with E-state index in [2.05, 4.69) is 0 Å². The first-order valence-electron chi connectivity index (χ1n) is 9.82. The highest BCUT2D eigenvalue weighted by Gasteiger charge is 2.43. The smallest absolute Gasteiger partial charge is 0.253 e. The van der Waals surface area contributed by atoms with E-state index < -0.39 is 21.5 Å². The quantitative estimate of drug-likeness (QED) is 0.721. The monoisotopic (exact) mass is 432 g/mol. The lowest BCUT2D eigenvalue weighted by Crippen LogP contribution is -2.56. The average Bonchev–Trinajstić information content (AvgIpc) is 2.74. The van der Waals surface area contributed by atoms with Crippen molar-refractivity contribution in [1.82, 2.24) is 4.90 Å². The summed E-state index contributed by atoms with van der Waals surface area (Å²) in [4.78, 5) is 14.7. The number of carbonyl (C=O) groups excluding carboxylic acids is 1. The molecule has 2 aromatic carbocycles. The standard InChI is InChI=1S/C22H28N2O5S/c1-23(30(2,28)29)19-10-8-18(9-11-19)21(27)24-13-12-20(26)22(15-24,16-25)14-17-6-4-3-5-7-17/h3-11,20,25-26H,12-16H2,1-2H3/t20-,22+/m0/s1. The molecule has 2 aromatic rings. The molecule has 1 saturated heterocycles. The SMILES string of the molecule is CN(c1ccc(C(=O)N2CC[C@H](O)[C@](CO)(Cc3ccccc3)C2)cc1)S(C)(=O)=O. The maximum atomic E-state index is 13.1. The van der Waals surface area contributed by atoms with Gasteiger partial charge in [-0.05, 0) is 42.7 Å². The molecule has 1 heterocycles. The Morgan fingerprint density at radius 2 is 1.80 bits per heavy atom. The van der Waals surface area contributed by atoms with Gasteiger partial charge in [0, 0.05) is 31.1 Å². The van der Waals surface area contributed by atoms with Crippen LogP contribution in [0.1, 0.15) is 22.3 Å². The third-order valence-corrected chi connectivity index (χ3v) is 7.07. The molecule has 8 heteroatoms. The maximum absolute atomic E-state index is 13.1. The van der Waals surface area contributed by atoms with Gasteiger partial charge >= 0.3 is 0 Å². The Morgan fingerprint density at radius 3 is 2.37 bits per heavy atom. The number of piperidine rings is 1. The van der Waals surface area contributed by atoms with Crippen molar-refractivity contribution >= 4 is 21.6 Å². The van der Waals surface area contributed by atoms with Crippen molar-refractivity contribution in [3.05, 3.63) is 65.7 Å². The molecule has 0 saturated carbocycles. The number of amides is 1. The lowest BCUT2D eigenvalue weighted by molar-refractivity contribution is -0.0668. The van der Waals surface area contributed by atoms with Crippen molar-refractivity contribution in [1.29, 1.82) is 0 Å². The van der Waals surface area contributed by atoms with E-state index in [-0.39, 0.29) is 19.1 Å². The second-order valence-electron chi connectivity index (χ2n) is 7.99. The summed E-state index contributed by atoms with van der Waals surface area (Å²) in [6.45, 7) is 0.399. The van der Waals surface area contributed by atoms with Crippen LogP contribution >= 0.6 is 0 Å². The Balaban J connectivity index is 1.79. The van der Waals surface area contributed by atoms with Crippen molar-refractivity contribution < 1.29 is 23.4 Å². The molecule has 0 spiro atoms. The molecular weight excluding hydrogens is 404 g/mol. The molecule has 2 N–H and O–H groups in total. The summed E-state index contributed by atoms with van der Waals surface area (Å²) in [6.07, 6.45) is 1.26.